The normalized spacial score (nSPS) is 39.6. The first-order chi connectivity index (χ1) is 11.9. The number of imidazole rings is 1. The van der Waals surface area contributed by atoms with E-state index in [1.165, 1.54) is 6.33 Å². The zero-order valence-corrected chi connectivity index (χ0v) is 14.0. The molecule has 6 rings (SSSR count). The van der Waals surface area contributed by atoms with Gasteiger partial charge in [-0.05, 0) is 56.3 Å². The third kappa shape index (κ3) is 2.27. The molecule has 1 atom stereocenters. The minimum Gasteiger partial charge on any atom is -0.348 e. The van der Waals surface area contributed by atoms with Crippen molar-refractivity contribution in [3.8, 4) is 0 Å². The molecule has 1 aromatic rings. The molecular weight excluding hydrogens is 331 g/mol. The summed E-state index contributed by atoms with van der Waals surface area (Å²) in [5.74, 6) is 1.34. The van der Waals surface area contributed by atoms with Gasteiger partial charge in [-0.25, -0.2) is 4.98 Å². The number of nitrogens with one attached hydrogen (secondary N) is 1. The van der Waals surface area contributed by atoms with Crippen LogP contribution in [0.25, 0.3) is 0 Å². The standard InChI is InChI=1S/C18H22F3N3O/c19-18(20,21)15-14-13(22-9-23-14)1-2-24(15)16(25)17-6-10-3-11(7-17)5-12(4-10)8-17/h9-12,15H,1-8H2,(H,22,23). The van der Waals surface area contributed by atoms with Crippen molar-refractivity contribution < 1.29 is 18.0 Å². The summed E-state index contributed by atoms with van der Waals surface area (Å²) < 4.78 is 41.5. The van der Waals surface area contributed by atoms with Gasteiger partial charge in [0.25, 0.3) is 0 Å². The van der Waals surface area contributed by atoms with Gasteiger partial charge in [0.2, 0.25) is 5.91 Å². The van der Waals surface area contributed by atoms with Crippen LogP contribution < -0.4 is 0 Å². The van der Waals surface area contributed by atoms with Gasteiger partial charge in [-0.2, -0.15) is 13.2 Å². The zero-order valence-electron chi connectivity index (χ0n) is 14.0. The van der Waals surface area contributed by atoms with Crippen molar-refractivity contribution in [2.75, 3.05) is 6.54 Å². The topological polar surface area (TPSA) is 49.0 Å². The Hall–Kier alpha value is -1.53. The lowest BCUT2D eigenvalue weighted by Crippen LogP contribution is -2.57. The fraction of sp³-hybridized carbons (Fsp3) is 0.778. The van der Waals surface area contributed by atoms with Crippen molar-refractivity contribution in [3.63, 3.8) is 0 Å². The minimum absolute atomic E-state index is 0.0168. The van der Waals surface area contributed by atoms with Gasteiger partial charge in [-0.15, -0.1) is 0 Å². The molecule has 0 radical (unpaired) electrons. The average molecular weight is 353 g/mol. The Morgan fingerprint density at radius 2 is 1.76 bits per heavy atom. The first-order valence-electron chi connectivity index (χ1n) is 9.26. The molecule has 0 saturated heterocycles. The van der Waals surface area contributed by atoms with Crippen LogP contribution in [0.3, 0.4) is 0 Å². The van der Waals surface area contributed by atoms with Gasteiger partial charge in [0.1, 0.15) is 0 Å². The van der Waals surface area contributed by atoms with Crippen molar-refractivity contribution >= 4 is 5.91 Å². The molecule has 2 heterocycles. The molecule has 0 spiro atoms. The van der Waals surface area contributed by atoms with Crippen LogP contribution in [0.4, 0.5) is 13.2 Å². The van der Waals surface area contributed by atoms with E-state index in [2.05, 4.69) is 9.97 Å². The molecule has 1 amide bonds. The predicted molar refractivity (Wildman–Crippen MR) is 83.4 cm³/mol. The van der Waals surface area contributed by atoms with Gasteiger partial charge in [0.15, 0.2) is 6.04 Å². The van der Waals surface area contributed by atoms with Crippen molar-refractivity contribution in [1.29, 1.82) is 0 Å². The molecule has 4 saturated carbocycles. The summed E-state index contributed by atoms with van der Waals surface area (Å²) in [5.41, 5.74) is -0.0554. The highest BCUT2D eigenvalue weighted by Crippen LogP contribution is 2.61. The molecular formula is C18H22F3N3O. The molecule has 0 aromatic carbocycles. The second-order valence-electron chi connectivity index (χ2n) is 8.66. The van der Waals surface area contributed by atoms with Gasteiger partial charge in [0.05, 0.1) is 17.4 Å². The van der Waals surface area contributed by atoms with Crippen molar-refractivity contribution in [1.82, 2.24) is 14.9 Å². The smallest absolute Gasteiger partial charge is 0.348 e. The molecule has 1 N–H and O–H groups in total. The summed E-state index contributed by atoms with van der Waals surface area (Å²) in [6.07, 6.45) is 3.08. The summed E-state index contributed by atoms with van der Waals surface area (Å²) in [4.78, 5) is 21.3. The van der Waals surface area contributed by atoms with E-state index in [9.17, 15) is 18.0 Å². The van der Waals surface area contributed by atoms with Crippen molar-refractivity contribution in [3.05, 3.63) is 17.7 Å². The highest BCUT2D eigenvalue weighted by molar-refractivity contribution is 5.84. The Labute approximate surface area is 144 Å². The van der Waals surface area contributed by atoms with Gasteiger partial charge < -0.3 is 9.88 Å². The van der Waals surface area contributed by atoms with E-state index in [0.717, 1.165) is 43.4 Å². The number of halogens is 3. The average Bonchev–Trinajstić information content (AvgIpc) is 2.99. The largest absolute Gasteiger partial charge is 0.414 e. The monoisotopic (exact) mass is 353 g/mol. The number of hydrogen-bond donors (Lipinski definition) is 1. The summed E-state index contributed by atoms with van der Waals surface area (Å²) in [5, 5.41) is 0. The van der Waals surface area contributed by atoms with Crippen molar-refractivity contribution in [2.24, 2.45) is 23.2 Å². The highest BCUT2D eigenvalue weighted by atomic mass is 19.4. The molecule has 25 heavy (non-hydrogen) atoms. The minimum atomic E-state index is -4.50. The number of fused-ring (bicyclic) bond motifs is 1. The zero-order chi connectivity index (χ0) is 17.4. The molecule has 1 aromatic heterocycles. The third-order valence-electron chi connectivity index (χ3n) is 6.99. The summed E-state index contributed by atoms with van der Waals surface area (Å²) in [7, 11) is 0. The van der Waals surface area contributed by atoms with Gasteiger partial charge in [-0.1, -0.05) is 0 Å². The van der Waals surface area contributed by atoms with E-state index in [-0.39, 0.29) is 18.1 Å². The Kier molecular flexibility index (Phi) is 3.15. The van der Waals surface area contributed by atoms with Crippen LogP contribution in [0.1, 0.15) is 56.0 Å². The predicted octanol–water partition coefficient (Wildman–Crippen LogP) is 3.61. The van der Waals surface area contributed by atoms with Gasteiger partial charge in [-0.3, -0.25) is 4.79 Å². The maximum Gasteiger partial charge on any atom is 0.414 e. The van der Waals surface area contributed by atoms with E-state index < -0.39 is 17.6 Å². The number of hydrogen-bond acceptors (Lipinski definition) is 2. The van der Waals surface area contributed by atoms with Crippen LogP contribution in [0.2, 0.25) is 0 Å². The number of H-pyrrole nitrogens is 1. The van der Waals surface area contributed by atoms with Crippen LogP contribution in [0.15, 0.2) is 6.33 Å². The summed E-state index contributed by atoms with van der Waals surface area (Å²) in [6.45, 7) is 0.125. The van der Waals surface area contributed by atoms with Crippen LogP contribution in [-0.2, 0) is 11.2 Å². The van der Waals surface area contributed by atoms with Crippen LogP contribution in [0.5, 0.6) is 0 Å². The maximum atomic E-state index is 13.8. The Balaban J connectivity index is 1.51. The Bertz CT molecular complexity index is 675. The SMILES string of the molecule is O=C(N1CCc2[nH]cnc2C1C(F)(F)F)C12CC3CC(CC(C3)C1)C2. The maximum absolute atomic E-state index is 13.8. The van der Waals surface area contributed by atoms with Gasteiger partial charge >= 0.3 is 6.18 Å². The highest BCUT2D eigenvalue weighted by Gasteiger charge is 2.59. The van der Waals surface area contributed by atoms with Crippen molar-refractivity contribution in [2.45, 2.75) is 57.2 Å². The van der Waals surface area contributed by atoms with Crippen LogP contribution >= 0.6 is 0 Å². The molecule has 4 fully saturated rings. The molecule has 1 aliphatic heterocycles. The molecule has 4 nitrogen and oxygen atoms in total. The molecule has 136 valence electrons. The summed E-state index contributed by atoms with van der Waals surface area (Å²) in [6, 6.07) is -1.90. The molecule has 7 heteroatoms. The molecule has 5 aliphatic rings. The Morgan fingerprint density at radius 3 is 2.32 bits per heavy atom. The number of carbonyl (C=O) groups excluding carboxylic acids is 1. The quantitative estimate of drug-likeness (QED) is 0.838. The molecule has 4 bridgehead atoms. The van der Waals surface area contributed by atoms with Crippen LogP contribution in [0, 0.1) is 23.2 Å². The fourth-order valence-electron chi connectivity index (χ4n) is 6.50. The van der Waals surface area contributed by atoms with E-state index in [0.29, 0.717) is 29.9 Å². The summed E-state index contributed by atoms with van der Waals surface area (Å²) >= 11 is 0. The lowest BCUT2D eigenvalue weighted by atomic mass is 9.49. The molecule has 1 unspecified atom stereocenters. The number of rotatable bonds is 1. The fourth-order valence-corrected chi connectivity index (χ4v) is 6.50. The van der Waals surface area contributed by atoms with Crippen LogP contribution in [-0.4, -0.2) is 33.5 Å². The van der Waals surface area contributed by atoms with E-state index in [1.807, 2.05) is 0 Å². The van der Waals surface area contributed by atoms with Gasteiger partial charge in [0, 0.05) is 18.7 Å². The van der Waals surface area contributed by atoms with E-state index in [1.54, 1.807) is 0 Å². The number of carbonyl (C=O) groups is 1. The number of aromatic nitrogens is 2. The first kappa shape index (κ1) is 15.7. The number of nitrogens with zero attached hydrogens (tertiary/aromatic N) is 2. The van der Waals surface area contributed by atoms with E-state index >= 15 is 0 Å². The number of alkyl halides is 3. The number of aromatic amines is 1. The third-order valence-corrected chi connectivity index (χ3v) is 6.99. The Morgan fingerprint density at radius 1 is 1.16 bits per heavy atom. The second-order valence-corrected chi connectivity index (χ2v) is 8.66. The first-order valence-corrected chi connectivity index (χ1v) is 9.26. The number of amides is 1. The van der Waals surface area contributed by atoms with E-state index in [4.69, 9.17) is 0 Å². The lowest BCUT2D eigenvalue weighted by molar-refractivity contribution is -0.204. The second kappa shape index (κ2) is 5.01. The lowest BCUT2D eigenvalue weighted by Gasteiger charge is -2.57. The molecule has 4 aliphatic carbocycles.